The summed E-state index contributed by atoms with van der Waals surface area (Å²) in [6, 6.07) is 9.03. The fourth-order valence-electron chi connectivity index (χ4n) is 3.97. The van der Waals surface area contributed by atoms with Crippen LogP contribution in [0.25, 0.3) is 10.9 Å². The number of ketones is 1. The third-order valence-electron chi connectivity index (χ3n) is 5.80. The molecular formula is C26H30Cl2N2O5S. The van der Waals surface area contributed by atoms with Gasteiger partial charge in [-0.25, -0.2) is 8.42 Å². The zero-order valence-corrected chi connectivity index (χ0v) is 22.9. The van der Waals surface area contributed by atoms with Gasteiger partial charge in [-0.3, -0.25) is 9.59 Å². The molecule has 0 saturated heterocycles. The summed E-state index contributed by atoms with van der Waals surface area (Å²) >= 11 is 12.4. The molecule has 2 aromatic carbocycles. The third-order valence-corrected chi connectivity index (χ3v) is 8.16. The summed E-state index contributed by atoms with van der Waals surface area (Å²) in [6.45, 7) is 5.90. The second kappa shape index (κ2) is 12.1. The average molecular weight is 554 g/mol. The van der Waals surface area contributed by atoms with Gasteiger partial charge in [0.2, 0.25) is 5.91 Å². The van der Waals surface area contributed by atoms with E-state index in [9.17, 15) is 18.0 Å². The Labute approximate surface area is 221 Å². The van der Waals surface area contributed by atoms with E-state index in [2.05, 4.69) is 10.3 Å². The number of nitrogens with one attached hydrogen (secondary N) is 2. The molecule has 7 nitrogen and oxygen atoms in total. The molecule has 194 valence electrons. The predicted octanol–water partition coefficient (Wildman–Crippen LogP) is 5.23. The molecule has 1 heterocycles. The first-order chi connectivity index (χ1) is 17.0. The monoisotopic (exact) mass is 552 g/mol. The van der Waals surface area contributed by atoms with Gasteiger partial charge in [-0.05, 0) is 67.6 Å². The molecule has 0 radical (unpaired) electrons. The maximum atomic E-state index is 13.1. The van der Waals surface area contributed by atoms with Crippen LogP contribution in [0.5, 0.6) is 5.75 Å². The molecular weight excluding hydrogens is 523 g/mol. The second-order valence-corrected chi connectivity index (χ2v) is 11.7. The quantitative estimate of drug-likeness (QED) is 0.236. The number of aromatic amines is 1. The molecule has 0 aliphatic rings. The molecule has 0 fully saturated rings. The van der Waals surface area contributed by atoms with Crippen molar-refractivity contribution in [2.45, 2.75) is 40.0 Å². The van der Waals surface area contributed by atoms with E-state index in [4.69, 9.17) is 27.9 Å². The first-order valence-corrected chi connectivity index (χ1v) is 14.3. The van der Waals surface area contributed by atoms with E-state index < -0.39 is 21.4 Å². The van der Waals surface area contributed by atoms with Gasteiger partial charge in [0.1, 0.15) is 11.5 Å². The predicted molar refractivity (Wildman–Crippen MR) is 144 cm³/mol. The summed E-state index contributed by atoms with van der Waals surface area (Å²) in [5, 5.41) is 4.56. The van der Waals surface area contributed by atoms with E-state index in [1.165, 1.54) is 0 Å². The fraction of sp³-hybridized carbons (Fsp3) is 0.385. The van der Waals surface area contributed by atoms with Crippen molar-refractivity contribution in [3.63, 3.8) is 0 Å². The smallest absolute Gasteiger partial charge is 0.219 e. The van der Waals surface area contributed by atoms with Crippen LogP contribution in [-0.4, -0.2) is 49.7 Å². The van der Waals surface area contributed by atoms with Gasteiger partial charge in [0, 0.05) is 33.9 Å². The van der Waals surface area contributed by atoms with Gasteiger partial charge in [-0.2, -0.15) is 0 Å². The molecule has 0 spiro atoms. The van der Waals surface area contributed by atoms with Crippen molar-refractivity contribution in [3.05, 3.63) is 62.8 Å². The van der Waals surface area contributed by atoms with Crippen LogP contribution in [0, 0.1) is 13.8 Å². The summed E-state index contributed by atoms with van der Waals surface area (Å²) in [5.41, 5.74) is 3.52. The maximum Gasteiger partial charge on any atom is 0.219 e. The van der Waals surface area contributed by atoms with Crippen molar-refractivity contribution in [1.82, 2.24) is 10.3 Å². The van der Waals surface area contributed by atoms with Gasteiger partial charge in [0.15, 0.2) is 15.6 Å². The first-order valence-electron chi connectivity index (χ1n) is 11.7. The Morgan fingerprint density at radius 2 is 1.78 bits per heavy atom. The second-order valence-electron chi connectivity index (χ2n) is 8.71. The number of H-pyrrole nitrogens is 1. The van der Waals surface area contributed by atoms with Gasteiger partial charge in [-0.15, -0.1) is 0 Å². The standard InChI is InChI=1S/C26H30Cl2N2O5S/c1-4-24(32)29-9-11-36(33,34)15-23(31)26-21(20-8-7-18(27)14-22(20)30-26)6-5-10-35-19-12-16(2)25(28)17(3)13-19/h7-8,12-14,30H,4-6,9-11,15H2,1-3H3,(H,29,32). The summed E-state index contributed by atoms with van der Waals surface area (Å²) in [4.78, 5) is 27.5. The Morgan fingerprint density at radius 1 is 1.08 bits per heavy atom. The van der Waals surface area contributed by atoms with Crippen molar-refractivity contribution in [1.29, 1.82) is 0 Å². The molecule has 0 aliphatic carbocycles. The molecule has 36 heavy (non-hydrogen) atoms. The normalized spacial score (nSPS) is 11.6. The summed E-state index contributed by atoms with van der Waals surface area (Å²) in [7, 11) is -3.71. The Balaban J connectivity index is 1.73. The topological polar surface area (TPSA) is 105 Å². The van der Waals surface area contributed by atoms with Crippen molar-refractivity contribution in [3.8, 4) is 5.75 Å². The van der Waals surface area contributed by atoms with Crippen LogP contribution in [0.15, 0.2) is 30.3 Å². The number of fused-ring (bicyclic) bond motifs is 1. The molecule has 0 aliphatic heterocycles. The number of sulfone groups is 1. The van der Waals surface area contributed by atoms with E-state index in [0.717, 1.165) is 27.8 Å². The van der Waals surface area contributed by atoms with Crippen LogP contribution in [0.3, 0.4) is 0 Å². The number of benzene rings is 2. The SMILES string of the molecule is CCC(=O)NCCS(=O)(=O)CC(=O)c1[nH]c2cc(Cl)ccc2c1CCCOc1cc(C)c(Cl)c(C)c1. The van der Waals surface area contributed by atoms with E-state index >= 15 is 0 Å². The van der Waals surface area contributed by atoms with Crippen LogP contribution in [0.1, 0.15) is 46.9 Å². The van der Waals surface area contributed by atoms with Crippen LogP contribution in [-0.2, 0) is 21.1 Å². The Kier molecular flexibility index (Phi) is 9.44. The highest BCUT2D eigenvalue weighted by molar-refractivity contribution is 7.92. The Morgan fingerprint density at radius 3 is 2.44 bits per heavy atom. The minimum atomic E-state index is -3.71. The van der Waals surface area contributed by atoms with Crippen molar-refractivity contribution < 1.29 is 22.7 Å². The molecule has 2 N–H and O–H groups in total. The number of rotatable bonds is 12. The largest absolute Gasteiger partial charge is 0.494 e. The number of Topliss-reactive ketones (excluding diaryl/α,β-unsaturated/α-hetero) is 1. The van der Waals surface area contributed by atoms with E-state index in [-0.39, 0.29) is 30.3 Å². The number of aryl methyl sites for hydroxylation is 3. The molecule has 0 atom stereocenters. The number of aromatic nitrogens is 1. The Hall–Kier alpha value is -2.55. The van der Waals surface area contributed by atoms with Gasteiger partial charge >= 0.3 is 0 Å². The fourth-order valence-corrected chi connectivity index (χ4v) is 5.35. The lowest BCUT2D eigenvalue weighted by Crippen LogP contribution is -2.30. The molecule has 3 aromatic rings. The number of amides is 1. The third kappa shape index (κ3) is 7.24. The lowest BCUT2D eigenvalue weighted by Gasteiger charge is -2.10. The highest BCUT2D eigenvalue weighted by Gasteiger charge is 2.23. The summed E-state index contributed by atoms with van der Waals surface area (Å²) in [5.74, 6) is -0.999. The van der Waals surface area contributed by atoms with E-state index in [1.807, 2.05) is 32.0 Å². The molecule has 0 bridgehead atoms. The number of carbonyl (C=O) groups is 2. The van der Waals surface area contributed by atoms with Crippen molar-refractivity contribution in [2.24, 2.45) is 0 Å². The van der Waals surface area contributed by atoms with Crippen molar-refractivity contribution in [2.75, 3.05) is 24.7 Å². The van der Waals surface area contributed by atoms with Gasteiger partial charge < -0.3 is 15.0 Å². The summed E-state index contributed by atoms with van der Waals surface area (Å²) in [6.07, 6.45) is 1.37. The van der Waals surface area contributed by atoms with Gasteiger partial charge in [0.05, 0.1) is 18.1 Å². The minimum absolute atomic E-state index is 0.0293. The number of hydrogen-bond donors (Lipinski definition) is 2. The first kappa shape index (κ1) is 28.0. The molecule has 0 saturated carbocycles. The molecule has 1 aromatic heterocycles. The van der Waals surface area contributed by atoms with E-state index in [0.29, 0.717) is 35.0 Å². The minimum Gasteiger partial charge on any atom is -0.494 e. The number of hydrogen-bond acceptors (Lipinski definition) is 5. The molecule has 10 heteroatoms. The number of ether oxygens (including phenoxy) is 1. The van der Waals surface area contributed by atoms with Crippen LogP contribution in [0.2, 0.25) is 10.0 Å². The number of halogens is 2. The molecule has 0 unspecified atom stereocenters. The van der Waals surface area contributed by atoms with Crippen molar-refractivity contribution >= 4 is 55.6 Å². The average Bonchev–Trinajstić information content (AvgIpc) is 3.17. The molecule has 1 amide bonds. The summed E-state index contributed by atoms with van der Waals surface area (Å²) < 4.78 is 30.9. The maximum absolute atomic E-state index is 13.1. The lowest BCUT2D eigenvalue weighted by molar-refractivity contribution is -0.120. The Bertz CT molecular complexity index is 1360. The zero-order valence-electron chi connectivity index (χ0n) is 20.5. The van der Waals surface area contributed by atoms with E-state index in [1.54, 1.807) is 19.1 Å². The van der Waals surface area contributed by atoms with Gasteiger partial charge in [0.25, 0.3) is 0 Å². The number of carbonyl (C=O) groups excluding carboxylic acids is 2. The highest BCUT2D eigenvalue weighted by atomic mass is 35.5. The lowest BCUT2D eigenvalue weighted by atomic mass is 10.0. The zero-order chi connectivity index (χ0) is 26.5. The van der Waals surface area contributed by atoms with Crippen LogP contribution >= 0.6 is 23.2 Å². The van der Waals surface area contributed by atoms with Crippen LogP contribution in [0.4, 0.5) is 0 Å². The highest BCUT2D eigenvalue weighted by Crippen LogP contribution is 2.28. The van der Waals surface area contributed by atoms with Crippen LogP contribution < -0.4 is 10.1 Å². The molecule has 3 rings (SSSR count). The van der Waals surface area contributed by atoms with Gasteiger partial charge in [-0.1, -0.05) is 36.2 Å².